The van der Waals surface area contributed by atoms with Crippen molar-refractivity contribution in [1.82, 2.24) is 35.2 Å². The van der Waals surface area contributed by atoms with E-state index in [2.05, 4.69) is 31.0 Å². The van der Waals surface area contributed by atoms with Gasteiger partial charge in [0.2, 0.25) is 0 Å². The minimum absolute atomic E-state index is 0.0467. The molecule has 0 unspecified atom stereocenters. The van der Waals surface area contributed by atoms with E-state index in [0.717, 1.165) is 11.0 Å². The molecule has 13 heteroatoms. The van der Waals surface area contributed by atoms with Gasteiger partial charge in [0, 0.05) is 5.02 Å². The molecule has 1 N–H and O–H groups in total. The third-order valence-corrected chi connectivity index (χ3v) is 6.29. The Balaban J connectivity index is 1.40. The van der Waals surface area contributed by atoms with E-state index in [-0.39, 0.29) is 18.2 Å². The number of carbonyl (C=O) groups excluding carboxylic acids is 1. The van der Waals surface area contributed by atoms with Gasteiger partial charge in [-0.2, -0.15) is 5.10 Å². The molecule has 3 aromatic heterocycles. The number of amides is 1. The Bertz CT molecular complexity index is 1510. The van der Waals surface area contributed by atoms with Crippen LogP contribution in [0.2, 0.25) is 10.0 Å². The van der Waals surface area contributed by atoms with E-state index in [1.165, 1.54) is 24.2 Å². The molecule has 5 rings (SSSR count). The maximum atomic E-state index is 12.3. The van der Waals surface area contributed by atoms with Crippen molar-refractivity contribution < 1.29 is 9.21 Å². The van der Waals surface area contributed by atoms with Crippen LogP contribution >= 0.6 is 35.0 Å². The topological polar surface area (TPSA) is 116 Å². The fraction of sp³-hybridized carbons (Fsp3) is 0.0909. The average Bonchev–Trinajstić information content (AvgIpc) is 3.59. The molecule has 0 aliphatic rings. The first-order valence-electron chi connectivity index (χ1n) is 10.2. The zero-order valence-electron chi connectivity index (χ0n) is 17.9. The fourth-order valence-electron chi connectivity index (χ4n) is 3.26. The van der Waals surface area contributed by atoms with Gasteiger partial charge in [-0.25, -0.2) is 10.1 Å². The van der Waals surface area contributed by atoms with Crippen LogP contribution < -0.4 is 5.43 Å². The van der Waals surface area contributed by atoms with Crippen LogP contribution in [0.1, 0.15) is 11.6 Å². The Morgan fingerprint density at radius 1 is 1.11 bits per heavy atom. The van der Waals surface area contributed by atoms with Gasteiger partial charge in [-0.1, -0.05) is 52.3 Å². The molecule has 10 nitrogen and oxygen atoms in total. The lowest BCUT2D eigenvalue weighted by Crippen LogP contribution is -2.20. The minimum atomic E-state index is -0.321. The summed E-state index contributed by atoms with van der Waals surface area (Å²) in [6, 6.07) is 16.2. The lowest BCUT2D eigenvalue weighted by Gasteiger charge is -2.12. The number of fused-ring (bicyclic) bond motifs is 1. The zero-order valence-corrected chi connectivity index (χ0v) is 20.2. The number of carbonyl (C=O) groups is 1. The number of nitrogens with zero attached hydrogens (tertiary/aromatic N) is 7. The molecule has 0 aliphatic carbocycles. The number of hydrogen-bond acceptors (Lipinski definition) is 8. The van der Waals surface area contributed by atoms with Gasteiger partial charge < -0.3 is 4.42 Å². The second kappa shape index (κ2) is 10.3. The van der Waals surface area contributed by atoms with Gasteiger partial charge in [0.25, 0.3) is 5.91 Å². The zero-order chi connectivity index (χ0) is 24.2. The van der Waals surface area contributed by atoms with Crippen LogP contribution in [0.3, 0.4) is 0 Å². The van der Waals surface area contributed by atoms with Gasteiger partial charge in [0.05, 0.1) is 34.5 Å². The third kappa shape index (κ3) is 5.21. The predicted octanol–water partition coefficient (Wildman–Crippen LogP) is 4.20. The Kier molecular flexibility index (Phi) is 6.80. The molecule has 0 bridgehead atoms. The van der Waals surface area contributed by atoms with Crippen molar-refractivity contribution in [3.8, 4) is 5.69 Å². The lowest BCUT2D eigenvalue weighted by molar-refractivity contribution is -0.118. The summed E-state index contributed by atoms with van der Waals surface area (Å²) in [5, 5.41) is 22.3. The van der Waals surface area contributed by atoms with Gasteiger partial charge in [0.1, 0.15) is 17.8 Å². The van der Waals surface area contributed by atoms with Crippen LogP contribution in [0.15, 0.2) is 75.5 Å². The van der Waals surface area contributed by atoms with E-state index in [1.54, 1.807) is 39.6 Å². The van der Waals surface area contributed by atoms with E-state index < -0.39 is 0 Å². The fourth-order valence-corrected chi connectivity index (χ4v) is 4.51. The molecule has 0 radical (unpaired) electrons. The first-order chi connectivity index (χ1) is 17.1. The SMILES string of the molecule is O=C(CSc1nnc(Cn2nnc3ccccc32)n1-c1ccc(Cl)cc1Cl)N/N=C\c1ccco1. The first kappa shape index (κ1) is 23.1. The maximum Gasteiger partial charge on any atom is 0.250 e. The van der Waals surface area contributed by atoms with Crippen molar-refractivity contribution in [2.75, 3.05) is 5.75 Å². The highest BCUT2D eigenvalue weighted by atomic mass is 35.5. The van der Waals surface area contributed by atoms with Crippen LogP contribution in [0.5, 0.6) is 0 Å². The van der Waals surface area contributed by atoms with Crippen LogP contribution in [-0.4, -0.2) is 47.6 Å². The molecule has 176 valence electrons. The number of thioether (sulfide) groups is 1. The second-order valence-electron chi connectivity index (χ2n) is 7.16. The van der Waals surface area contributed by atoms with E-state index in [9.17, 15) is 4.79 Å². The number of halogens is 2. The van der Waals surface area contributed by atoms with Crippen molar-refractivity contribution in [3.05, 3.63) is 82.5 Å². The van der Waals surface area contributed by atoms with E-state index in [4.69, 9.17) is 27.6 Å². The normalized spacial score (nSPS) is 11.5. The summed E-state index contributed by atoms with van der Waals surface area (Å²) in [6.07, 6.45) is 2.94. The number of hydrazone groups is 1. The summed E-state index contributed by atoms with van der Waals surface area (Å²) in [4.78, 5) is 12.3. The summed E-state index contributed by atoms with van der Waals surface area (Å²) in [7, 11) is 0. The molecular weight excluding hydrogens is 511 g/mol. The van der Waals surface area contributed by atoms with E-state index in [1.807, 2.05) is 24.3 Å². The summed E-state index contributed by atoms with van der Waals surface area (Å²) in [6.45, 7) is 0.284. The van der Waals surface area contributed by atoms with Crippen molar-refractivity contribution in [2.45, 2.75) is 11.7 Å². The molecule has 0 saturated heterocycles. The highest BCUT2D eigenvalue weighted by molar-refractivity contribution is 7.99. The molecule has 0 spiro atoms. The molecule has 35 heavy (non-hydrogen) atoms. The Hall–Kier alpha value is -3.67. The smallest absolute Gasteiger partial charge is 0.250 e. The summed E-state index contributed by atoms with van der Waals surface area (Å²) in [5.74, 6) is 0.813. The maximum absolute atomic E-state index is 12.3. The van der Waals surface area contributed by atoms with Crippen LogP contribution in [0.25, 0.3) is 16.7 Å². The molecular formula is C22H16Cl2N8O2S. The Labute approximate surface area is 212 Å². The molecule has 0 atom stereocenters. The van der Waals surface area contributed by atoms with E-state index >= 15 is 0 Å². The predicted molar refractivity (Wildman–Crippen MR) is 133 cm³/mol. The van der Waals surface area contributed by atoms with E-state index in [0.29, 0.717) is 32.5 Å². The number of benzene rings is 2. The van der Waals surface area contributed by atoms with Crippen molar-refractivity contribution >= 4 is 58.1 Å². The number of nitrogens with one attached hydrogen (secondary N) is 1. The van der Waals surface area contributed by atoms with Gasteiger partial charge in [0.15, 0.2) is 11.0 Å². The highest BCUT2D eigenvalue weighted by Crippen LogP contribution is 2.30. The van der Waals surface area contributed by atoms with Crippen molar-refractivity contribution in [2.24, 2.45) is 5.10 Å². The van der Waals surface area contributed by atoms with Gasteiger partial charge in [-0.05, 0) is 42.5 Å². The molecule has 2 aromatic carbocycles. The number of furan rings is 1. The Morgan fingerprint density at radius 3 is 2.83 bits per heavy atom. The molecule has 1 amide bonds. The minimum Gasteiger partial charge on any atom is -0.463 e. The number of aromatic nitrogens is 6. The van der Waals surface area contributed by atoms with Crippen molar-refractivity contribution in [1.29, 1.82) is 0 Å². The standard InChI is InChI=1S/C22H16Cl2N8O2S/c23-14-7-8-18(16(24)10-14)32-20(12-31-19-6-2-1-5-17(19)26-30-31)27-29-22(32)35-13-21(33)28-25-11-15-4-3-9-34-15/h1-11H,12-13H2,(H,28,33)/b25-11-. The van der Waals surface area contributed by atoms with Gasteiger partial charge in [-0.15, -0.1) is 15.3 Å². The monoisotopic (exact) mass is 526 g/mol. The average molecular weight is 527 g/mol. The molecule has 0 fully saturated rings. The summed E-state index contributed by atoms with van der Waals surface area (Å²) >= 11 is 13.8. The van der Waals surface area contributed by atoms with Gasteiger partial charge in [-0.3, -0.25) is 9.36 Å². The summed E-state index contributed by atoms with van der Waals surface area (Å²) < 4.78 is 8.64. The number of para-hydroxylation sites is 1. The van der Waals surface area contributed by atoms with Crippen LogP contribution in [0.4, 0.5) is 0 Å². The van der Waals surface area contributed by atoms with Crippen LogP contribution in [0, 0.1) is 0 Å². The van der Waals surface area contributed by atoms with Crippen LogP contribution in [-0.2, 0) is 11.3 Å². The first-order valence-corrected chi connectivity index (χ1v) is 12.0. The molecule has 3 heterocycles. The third-order valence-electron chi connectivity index (χ3n) is 4.82. The van der Waals surface area contributed by atoms with Gasteiger partial charge >= 0.3 is 0 Å². The second-order valence-corrected chi connectivity index (χ2v) is 8.95. The van der Waals surface area contributed by atoms with Crippen molar-refractivity contribution in [3.63, 3.8) is 0 Å². The number of hydrogen-bond donors (Lipinski definition) is 1. The summed E-state index contributed by atoms with van der Waals surface area (Å²) in [5.41, 5.74) is 4.71. The largest absolute Gasteiger partial charge is 0.463 e. The molecule has 5 aromatic rings. The lowest BCUT2D eigenvalue weighted by atomic mass is 10.3. The number of rotatable bonds is 8. The Morgan fingerprint density at radius 2 is 2.00 bits per heavy atom. The molecule has 0 saturated carbocycles. The molecule has 0 aliphatic heterocycles. The quantitative estimate of drug-likeness (QED) is 0.183. The highest BCUT2D eigenvalue weighted by Gasteiger charge is 2.19.